The minimum Gasteiger partial charge on any atom is -0.358 e. The van der Waals surface area contributed by atoms with E-state index in [2.05, 4.69) is 17.1 Å². The van der Waals surface area contributed by atoms with Gasteiger partial charge in [0.15, 0.2) is 0 Å². The van der Waals surface area contributed by atoms with Crippen LogP contribution in [0.15, 0.2) is 30.4 Å². The number of benzene rings is 1. The van der Waals surface area contributed by atoms with Crippen molar-refractivity contribution < 1.29 is 9.18 Å². The van der Waals surface area contributed by atoms with Crippen LogP contribution in [0.3, 0.4) is 0 Å². The van der Waals surface area contributed by atoms with Gasteiger partial charge in [-0.2, -0.15) is 0 Å². The lowest BCUT2D eigenvalue weighted by atomic mass is 9.92. The summed E-state index contributed by atoms with van der Waals surface area (Å²) in [5, 5.41) is 0.913. The number of allylic oxidation sites excluding steroid dienone is 2. The van der Waals surface area contributed by atoms with Crippen LogP contribution in [0.2, 0.25) is 0 Å². The average molecular weight is 298 g/mol. The summed E-state index contributed by atoms with van der Waals surface area (Å²) in [4.78, 5) is 18.0. The van der Waals surface area contributed by atoms with Crippen molar-refractivity contribution in [1.29, 1.82) is 0 Å². The second-order valence-electron chi connectivity index (χ2n) is 6.26. The molecule has 0 saturated heterocycles. The van der Waals surface area contributed by atoms with Gasteiger partial charge in [0.25, 0.3) is 0 Å². The van der Waals surface area contributed by atoms with Gasteiger partial charge in [-0.25, -0.2) is 4.39 Å². The van der Waals surface area contributed by atoms with Crippen LogP contribution in [0.25, 0.3) is 10.9 Å². The summed E-state index contributed by atoms with van der Waals surface area (Å²) in [6.45, 7) is 1.35. The summed E-state index contributed by atoms with van der Waals surface area (Å²) < 4.78 is 13.5. The molecule has 1 aromatic heterocycles. The zero-order chi connectivity index (χ0) is 15.1. The van der Waals surface area contributed by atoms with Gasteiger partial charge in [-0.1, -0.05) is 12.2 Å². The van der Waals surface area contributed by atoms with E-state index in [1.54, 1.807) is 12.1 Å². The zero-order valence-electron chi connectivity index (χ0n) is 12.4. The third-order valence-electron chi connectivity index (χ3n) is 4.87. The molecule has 2 aromatic rings. The molecule has 1 aliphatic carbocycles. The van der Waals surface area contributed by atoms with E-state index in [4.69, 9.17) is 0 Å². The van der Waals surface area contributed by atoms with Crippen LogP contribution in [0.1, 0.15) is 30.5 Å². The molecule has 2 aliphatic rings. The first-order chi connectivity index (χ1) is 10.7. The molecule has 0 unspecified atom stereocenters. The van der Waals surface area contributed by atoms with E-state index in [1.165, 1.54) is 6.07 Å². The van der Waals surface area contributed by atoms with Gasteiger partial charge in [-0.05, 0) is 37.5 Å². The van der Waals surface area contributed by atoms with E-state index < -0.39 is 0 Å². The van der Waals surface area contributed by atoms with Crippen LogP contribution in [-0.4, -0.2) is 22.3 Å². The maximum atomic E-state index is 13.5. The minimum atomic E-state index is -0.227. The summed E-state index contributed by atoms with van der Waals surface area (Å²) in [5.41, 5.74) is 3.19. The van der Waals surface area contributed by atoms with E-state index >= 15 is 0 Å². The lowest BCUT2D eigenvalue weighted by molar-refractivity contribution is -0.136. The van der Waals surface area contributed by atoms with Crippen molar-refractivity contribution in [2.24, 2.45) is 5.92 Å². The van der Waals surface area contributed by atoms with Gasteiger partial charge in [0.2, 0.25) is 5.91 Å². The highest BCUT2D eigenvalue weighted by Gasteiger charge is 2.28. The molecule has 4 heteroatoms. The SMILES string of the molecule is O=C([C@H]1CC=CCC1)N1CCc2[nH]c3ccc(F)cc3c2C1. The molecule has 1 amide bonds. The molecular formula is C18H19FN2O. The predicted molar refractivity (Wildman–Crippen MR) is 83.9 cm³/mol. The number of aromatic nitrogens is 1. The molecule has 4 rings (SSSR count). The molecule has 0 bridgehead atoms. The Morgan fingerprint density at radius 1 is 1.32 bits per heavy atom. The topological polar surface area (TPSA) is 36.1 Å². The number of hydrogen-bond donors (Lipinski definition) is 1. The molecule has 1 atom stereocenters. The molecule has 1 N–H and O–H groups in total. The second-order valence-corrected chi connectivity index (χ2v) is 6.26. The zero-order valence-corrected chi connectivity index (χ0v) is 12.4. The van der Waals surface area contributed by atoms with Crippen LogP contribution < -0.4 is 0 Å². The number of nitrogens with zero attached hydrogens (tertiary/aromatic N) is 1. The first-order valence-electron chi connectivity index (χ1n) is 7.95. The lowest BCUT2D eigenvalue weighted by Gasteiger charge is -2.31. The monoisotopic (exact) mass is 298 g/mol. The molecule has 1 aliphatic heterocycles. The number of fused-ring (bicyclic) bond motifs is 3. The Balaban J connectivity index is 1.63. The third-order valence-corrected chi connectivity index (χ3v) is 4.87. The molecular weight excluding hydrogens is 279 g/mol. The summed E-state index contributed by atoms with van der Waals surface area (Å²) in [5.74, 6) is 0.143. The van der Waals surface area contributed by atoms with Crippen LogP contribution in [0, 0.1) is 11.7 Å². The van der Waals surface area contributed by atoms with Crippen molar-refractivity contribution in [1.82, 2.24) is 9.88 Å². The molecule has 0 saturated carbocycles. The van der Waals surface area contributed by atoms with Gasteiger partial charge in [-0.3, -0.25) is 4.79 Å². The first kappa shape index (κ1) is 13.6. The molecule has 2 heterocycles. The Morgan fingerprint density at radius 3 is 3.05 bits per heavy atom. The van der Waals surface area contributed by atoms with E-state index in [0.29, 0.717) is 6.54 Å². The number of hydrogen-bond acceptors (Lipinski definition) is 1. The number of H-pyrrole nitrogens is 1. The molecule has 0 radical (unpaired) electrons. The highest BCUT2D eigenvalue weighted by Crippen LogP contribution is 2.30. The fourth-order valence-corrected chi connectivity index (χ4v) is 3.65. The van der Waals surface area contributed by atoms with Crippen molar-refractivity contribution >= 4 is 16.8 Å². The predicted octanol–water partition coefficient (Wildman–Crippen LogP) is 3.55. The number of carbonyl (C=O) groups excluding carboxylic acids is 1. The number of halogens is 1. The number of aromatic amines is 1. The standard InChI is InChI=1S/C18H19FN2O/c19-13-6-7-16-14(10-13)15-11-21(9-8-17(15)20-16)18(22)12-4-2-1-3-5-12/h1-2,6-7,10,12,20H,3-5,8-9,11H2/t12-/m0/s1. The molecule has 0 spiro atoms. The molecule has 0 fully saturated rings. The Morgan fingerprint density at radius 2 is 2.23 bits per heavy atom. The van der Waals surface area contributed by atoms with Crippen molar-refractivity contribution in [2.45, 2.75) is 32.2 Å². The van der Waals surface area contributed by atoms with E-state index in [-0.39, 0.29) is 17.6 Å². The van der Waals surface area contributed by atoms with E-state index in [9.17, 15) is 9.18 Å². The largest absolute Gasteiger partial charge is 0.358 e. The van der Waals surface area contributed by atoms with E-state index in [1.807, 2.05) is 4.90 Å². The first-order valence-corrected chi connectivity index (χ1v) is 7.95. The fraction of sp³-hybridized carbons (Fsp3) is 0.389. The highest BCUT2D eigenvalue weighted by molar-refractivity contribution is 5.86. The average Bonchev–Trinajstić information content (AvgIpc) is 2.92. The number of rotatable bonds is 1. The lowest BCUT2D eigenvalue weighted by Crippen LogP contribution is -2.39. The Bertz CT molecular complexity index is 762. The fourth-order valence-electron chi connectivity index (χ4n) is 3.65. The molecule has 114 valence electrons. The van der Waals surface area contributed by atoms with Crippen molar-refractivity contribution in [2.75, 3.05) is 6.54 Å². The Kier molecular flexibility index (Phi) is 3.25. The van der Waals surface area contributed by atoms with E-state index in [0.717, 1.165) is 54.4 Å². The van der Waals surface area contributed by atoms with Crippen LogP contribution in [-0.2, 0) is 17.8 Å². The second kappa shape index (κ2) is 5.27. The van der Waals surface area contributed by atoms with Crippen LogP contribution in [0.4, 0.5) is 4.39 Å². The highest BCUT2D eigenvalue weighted by atomic mass is 19.1. The summed E-state index contributed by atoms with van der Waals surface area (Å²) >= 11 is 0. The van der Waals surface area contributed by atoms with Gasteiger partial charge in [0.1, 0.15) is 5.82 Å². The molecule has 22 heavy (non-hydrogen) atoms. The summed E-state index contributed by atoms with van der Waals surface area (Å²) in [6, 6.07) is 4.82. The normalized spacial score (nSPS) is 21.1. The Labute approximate surface area is 128 Å². The quantitative estimate of drug-likeness (QED) is 0.803. The maximum absolute atomic E-state index is 13.5. The number of amides is 1. The number of nitrogens with one attached hydrogen (secondary N) is 1. The molecule has 3 nitrogen and oxygen atoms in total. The van der Waals surface area contributed by atoms with Crippen LogP contribution in [0.5, 0.6) is 0 Å². The number of carbonyl (C=O) groups is 1. The van der Waals surface area contributed by atoms with Gasteiger partial charge < -0.3 is 9.88 Å². The smallest absolute Gasteiger partial charge is 0.226 e. The van der Waals surface area contributed by atoms with Gasteiger partial charge >= 0.3 is 0 Å². The van der Waals surface area contributed by atoms with Gasteiger partial charge in [0.05, 0.1) is 0 Å². The van der Waals surface area contributed by atoms with Crippen molar-refractivity contribution in [3.8, 4) is 0 Å². The van der Waals surface area contributed by atoms with Crippen molar-refractivity contribution in [3.05, 3.63) is 47.4 Å². The van der Waals surface area contributed by atoms with Crippen molar-refractivity contribution in [3.63, 3.8) is 0 Å². The van der Waals surface area contributed by atoms with Gasteiger partial charge in [0, 0.05) is 47.6 Å². The minimum absolute atomic E-state index is 0.119. The summed E-state index contributed by atoms with van der Waals surface area (Å²) in [7, 11) is 0. The summed E-state index contributed by atoms with van der Waals surface area (Å²) in [6.07, 6.45) is 7.88. The maximum Gasteiger partial charge on any atom is 0.226 e. The van der Waals surface area contributed by atoms with Crippen LogP contribution >= 0.6 is 0 Å². The Hall–Kier alpha value is -2.10. The van der Waals surface area contributed by atoms with Gasteiger partial charge in [-0.15, -0.1) is 0 Å². The third kappa shape index (κ3) is 2.23. The molecule has 1 aromatic carbocycles.